The Labute approximate surface area is 379 Å². The smallest absolute Gasteiger partial charge is 0.0714 e. The van der Waals surface area contributed by atoms with Gasteiger partial charge in [0.1, 0.15) is 0 Å². The molecule has 304 valence electrons. The van der Waals surface area contributed by atoms with Crippen molar-refractivity contribution in [3.63, 3.8) is 0 Å². The maximum atomic E-state index is 2.65. The topological polar surface area (TPSA) is 6.48 Å². The number of anilines is 4. The first-order valence-corrected chi connectivity index (χ1v) is 23.4. The zero-order chi connectivity index (χ0) is 42.2. The fourth-order valence-electron chi connectivity index (χ4n) is 11.4. The molecule has 13 rings (SSSR count). The summed E-state index contributed by atoms with van der Waals surface area (Å²) in [7, 11) is 0. The minimum Gasteiger partial charge on any atom is -0.311 e. The molecule has 1 aromatic heterocycles. The lowest BCUT2D eigenvalue weighted by atomic mass is 9.67. The van der Waals surface area contributed by atoms with E-state index in [1.807, 2.05) is 11.3 Å². The van der Waals surface area contributed by atoms with E-state index >= 15 is 0 Å². The lowest BCUT2D eigenvalue weighted by Crippen LogP contribution is -2.29. The van der Waals surface area contributed by atoms with E-state index in [4.69, 9.17) is 0 Å². The van der Waals surface area contributed by atoms with E-state index in [1.54, 1.807) is 0 Å². The number of nitrogens with zero attached hydrogens (tertiary/aromatic N) is 2. The lowest BCUT2D eigenvalue weighted by molar-refractivity contribution is 0.768. The van der Waals surface area contributed by atoms with Gasteiger partial charge in [-0.1, -0.05) is 176 Å². The molecule has 2 heterocycles. The van der Waals surface area contributed by atoms with Crippen molar-refractivity contribution in [2.45, 2.75) is 30.6 Å². The van der Waals surface area contributed by atoms with Gasteiger partial charge in [-0.05, 0) is 118 Å². The summed E-state index contributed by atoms with van der Waals surface area (Å²) in [6, 6.07) is 74.6. The van der Waals surface area contributed by atoms with Crippen molar-refractivity contribution in [1.29, 1.82) is 0 Å². The van der Waals surface area contributed by atoms with Crippen LogP contribution in [0.2, 0.25) is 0 Å². The number of aryl methyl sites for hydroxylation is 1. The second-order valence-electron chi connectivity index (χ2n) is 17.4. The van der Waals surface area contributed by atoms with Crippen LogP contribution in [0.25, 0.3) is 38.4 Å². The minimum absolute atomic E-state index is 0.198. The van der Waals surface area contributed by atoms with Crippen molar-refractivity contribution in [2.75, 3.05) is 9.80 Å². The van der Waals surface area contributed by atoms with E-state index < -0.39 is 5.41 Å². The summed E-state index contributed by atoms with van der Waals surface area (Å²) in [6.45, 7) is 0. The van der Waals surface area contributed by atoms with Crippen LogP contribution >= 0.6 is 11.3 Å². The summed E-state index contributed by atoms with van der Waals surface area (Å²) in [5, 5.41) is 1.37. The summed E-state index contributed by atoms with van der Waals surface area (Å²) >= 11 is 1.98. The molecule has 0 radical (unpaired) electrons. The molecule has 9 aromatic rings. The van der Waals surface area contributed by atoms with Gasteiger partial charge in [-0.2, -0.15) is 0 Å². The van der Waals surface area contributed by atoms with Gasteiger partial charge in [0.2, 0.25) is 0 Å². The molecule has 0 N–H and O–H groups in total. The number of hydrogen-bond donors (Lipinski definition) is 0. The second kappa shape index (κ2) is 14.8. The summed E-state index contributed by atoms with van der Waals surface area (Å²) < 4.78 is 1.37. The van der Waals surface area contributed by atoms with Gasteiger partial charge in [-0.25, -0.2) is 0 Å². The maximum Gasteiger partial charge on any atom is 0.0714 e. The first-order chi connectivity index (χ1) is 31.8. The van der Waals surface area contributed by atoms with Crippen molar-refractivity contribution in [3.05, 3.63) is 268 Å². The van der Waals surface area contributed by atoms with Crippen molar-refractivity contribution < 1.29 is 0 Å². The molecular formula is C61H44N2S. The van der Waals surface area contributed by atoms with Gasteiger partial charge in [-0.15, -0.1) is 11.3 Å². The molecule has 0 saturated carbocycles. The third-order valence-electron chi connectivity index (χ3n) is 14.1. The predicted octanol–water partition coefficient (Wildman–Crippen LogP) is 16.1. The summed E-state index contributed by atoms with van der Waals surface area (Å²) in [5.74, 6) is 0.198. The highest BCUT2D eigenvalue weighted by Crippen LogP contribution is 2.62. The first kappa shape index (κ1) is 37.1. The first-order valence-electron chi connectivity index (χ1n) is 22.6. The van der Waals surface area contributed by atoms with Crippen LogP contribution < -0.4 is 9.80 Å². The fraction of sp³-hybridized carbons (Fsp3) is 0.0820. The molecule has 0 fully saturated rings. The van der Waals surface area contributed by atoms with Gasteiger partial charge in [0, 0.05) is 43.5 Å². The van der Waals surface area contributed by atoms with Crippen molar-refractivity contribution in [2.24, 2.45) is 0 Å². The predicted molar refractivity (Wildman–Crippen MR) is 269 cm³/mol. The maximum absolute atomic E-state index is 2.65. The summed E-state index contributed by atoms with van der Waals surface area (Å²) in [4.78, 5) is 6.57. The normalized spacial score (nSPS) is 16.3. The van der Waals surface area contributed by atoms with Gasteiger partial charge < -0.3 is 9.80 Å². The van der Waals surface area contributed by atoms with E-state index in [9.17, 15) is 0 Å². The Morgan fingerprint density at radius 1 is 0.578 bits per heavy atom. The fourth-order valence-corrected chi connectivity index (χ4v) is 12.8. The molecule has 2 nitrogen and oxygen atoms in total. The van der Waals surface area contributed by atoms with Crippen molar-refractivity contribution >= 4 is 50.2 Å². The molecule has 0 spiro atoms. The number of thiophene rings is 1. The van der Waals surface area contributed by atoms with Crippen molar-refractivity contribution in [1.82, 2.24) is 0 Å². The molecule has 1 atom stereocenters. The molecule has 1 aliphatic heterocycles. The third kappa shape index (κ3) is 5.44. The van der Waals surface area contributed by atoms with E-state index in [2.05, 4.69) is 234 Å². The van der Waals surface area contributed by atoms with Crippen LogP contribution in [0.15, 0.2) is 230 Å². The van der Waals surface area contributed by atoms with Crippen LogP contribution in [-0.4, -0.2) is 0 Å². The number of rotatable bonds is 7. The molecule has 4 aliphatic rings. The van der Waals surface area contributed by atoms with Gasteiger partial charge in [0.25, 0.3) is 0 Å². The lowest BCUT2D eigenvalue weighted by Gasteiger charge is -2.37. The zero-order valence-corrected chi connectivity index (χ0v) is 36.2. The average Bonchev–Trinajstić information content (AvgIpc) is 4.03. The SMILES string of the molecule is C1=Cc2sc3c4c(cc(N(C5=C6C(CC=C5)c5ccccc5N6c5ccccc5)c5ccc(-c6ccccc6)cc5)c3c2CC1)C(c1ccccc1)(c1ccccc1)c1ccccc1-4. The van der Waals surface area contributed by atoms with Crippen LogP contribution in [0.1, 0.15) is 57.0 Å². The van der Waals surface area contributed by atoms with E-state index in [0.717, 1.165) is 24.9 Å². The van der Waals surface area contributed by atoms with E-state index in [-0.39, 0.29) is 5.92 Å². The number of benzene rings is 8. The Balaban J connectivity index is 1.17. The molecule has 0 bridgehead atoms. The third-order valence-corrected chi connectivity index (χ3v) is 15.3. The minimum atomic E-state index is -0.553. The molecule has 0 amide bonds. The molecular weight excluding hydrogens is 793 g/mol. The molecule has 3 aliphatic carbocycles. The van der Waals surface area contributed by atoms with Crippen LogP contribution in [0.3, 0.4) is 0 Å². The molecule has 1 unspecified atom stereocenters. The Hall–Kier alpha value is -7.46. The standard InChI is InChI=1S/C61H44N2S/c1-5-20-41(21-6-1)42-36-38-46(39-37-42)62(54-34-19-31-48-47-28-14-17-33-53(47)63(59(48)54)45-26-11-4-12-27-45)55-40-52-57(60-58(55)50-30-15-18-35-56(50)64-60)49-29-13-16-32-51(49)61(52,43-22-7-2-8-23-43)44-24-9-3-10-25-44/h1-14,16-29,32-40,48H,15,30-31H2. The average molecular weight is 837 g/mol. The van der Waals surface area contributed by atoms with E-state index in [0.29, 0.717) is 0 Å². The Bertz CT molecular complexity index is 3300. The molecule has 64 heavy (non-hydrogen) atoms. The highest BCUT2D eigenvalue weighted by atomic mass is 32.1. The van der Waals surface area contributed by atoms with Gasteiger partial charge in [0.15, 0.2) is 0 Å². The Morgan fingerprint density at radius 3 is 1.97 bits per heavy atom. The molecule has 0 saturated heterocycles. The number of hydrogen-bond acceptors (Lipinski definition) is 3. The van der Waals surface area contributed by atoms with Crippen LogP contribution in [0.4, 0.5) is 22.7 Å². The van der Waals surface area contributed by atoms with Crippen LogP contribution in [0.5, 0.6) is 0 Å². The number of allylic oxidation sites excluding steroid dienone is 4. The molecule has 3 heteroatoms. The highest BCUT2D eigenvalue weighted by Gasteiger charge is 2.48. The van der Waals surface area contributed by atoms with Gasteiger partial charge in [0.05, 0.1) is 22.5 Å². The van der Waals surface area contributed by atoms with Crippen molar-refractivity contribution in [3.8, 4) is 22.3 Å². The monoisotopic (exact) mass is 836 g/mol. The molecule has 8 aromatic carbocycles. The van der Waals surface area contributed by atoms with Gasteiger partial charge in [-0.3, -0.25) is 0 Å². The van der Waals surface area contributed by atoms with E-state index in [1.165, 1.54) is 99.1 Å². The zero-order valence-electron chi connectivity index (χ0n) is 35.4. The van der Waals surface area contributed by atoms with Crippen LogP contribution in [-0.2, 0) is 11.8 Å². The quantitative estimate of drug-likeness (QED) is 0.158. The highest BCUT2D eigenvalue weighted by molar-refractivity contribution is 7.20. The van der Waals surface area contributed by atoms with Crippen LogP contribution in [0, 0.1) is 0 Å². The largest absolute Gasteiger partial charge is 0.311 e. The van der Waals surface area contributed by atoms with Gasteiger partial charge >= 0.3 is 0 Å². The Kier molecular flexibility index (Phi) is 8.60. The number of fused-ring (bicyclic) bond motifs is 10. The Morgan fingerprint density at radius 2 is 1.22 bits per heavy atom. The summed E-state index contributed by atoms with van der Waals surface area (Å²) in [5.41, 5.74) is 19.9. The number of para-hydroxylation sites is 2. The summed E-state index contributed by atoms with van der Waals surface area (Å²) in [6.07, 6.45) is 12.6. The second-order valence-corrected chi connectivity index (χ2v) is 18.4.